The van der Waals surface area contributed by atoms with Gasteiger partial charge in [0.2, 0.25) is 0 Å². The molecule has 0 radical (unpaired) electrons. The Morgan fingerprint density at radius 2 is 1.74 bits per heavy atom. The molecule has 7 heteroatoms. The highest BCUT2D eigenvalue weighted by atomic mass is 16.3. The number of carbonyl (C=O) groups is 3. The van der Waals surface area contributed by atoms with E-state index in [-0.39, 0.29) is 23.8 Å². The first-order valence-corrected chi connectivity index (χ1v) is 9.39. The van der Waals surface area contributed by atoms with Crippen LogP contribution in [0.1, 0.15) is 38.4 Å². The Bertz CT molecular complexity index is 726. The van der Waals surface area contributed by atoms with Crippen LogP contribution in [-0.2, 0) is 9.59 Å². The molecule has 0 aromatic heterocycles. The van der Waals surface area contributed by atoms with Gasteiger partial charge in [0.1, 0.15) is 5.54 Å². The molecule has 2 aliphatic heterocycles. The van der Waals surface area contributed by atoms with Gasteiger partial charge in [-0.3, -0.25) is 14.5 Å². The van der Waals surface area contributed by atoms with Crippen LogP contribution in [0.15, 0.2) is 30.3 Å². The van der Waals surface area contributed by atoms with E-state index >= 15 is 0 Å². The Labute approximate surface area is 159 Å². The molecule has 1 aromatic carbocycles. The number of benzene rings is 1. The van der Waals surface area contributed by atoms with Gasteiger partial charge < -0.3 is 14.9 Å². The van der Waals surface area contributed by atoms with Crippen molar-refractivity contribution in [2.24, 2.45) is 5.92 Å². The summed E-state index contributed by atoms with van der Waals surface area (Å²) in [6, 6.07) is 8.55. The number of nitrogens with zero attached hydrogens (tertiary/aromatic N) is 3. The van der Waals surface area contributed by atoms with Crippen molar-refractivity contribution in [3.8, 4) is 0 Å². The van der Waals surface area contributed by atoms with Crippen LogP contribution in [0.2, 0.25) is 0 Å². The molecule has 4 amide bonds. The molecule has 1 aromatic rings. The van der Waals surface area contributed by atoms with E-state index in [1.54, 1.807) is 34.1 Å². The molecule has 0 aliphatic carbocycles. The molecule has 7 nitrogen and oxygen atoms in total. The van der Waals surface area contributed by atoms with Crippen molar-refractivity contribution in [1.82, 2.24) is 14.7 Å². The molecule has 0 unspecified atom stereocenters. The number of carbonyl (C=O) groups excluding carboxylic acids is 3. The molecule has 146 valence electrons. The summed E-state index contributed by atoms with van der Waals surface area (Å²) in [5.74, 6) is -0.315. The molecule has 27 heavy (non-hydrogen) atoms. The first kappa shape index (κ1) is 19.4. The Morgan fingerprint density at radius 3 is 2.30 bits per heavy atom. The summed E-state index contributed by atoms with van der Waals surface area (Å²) >= 11 is 0. The fraction of sp³-hybridized carbons (Fsp3) is 0.550. The first-order valence-electron chi connectivity index (χ1n) is 9.39. The van der Waals surface area contributed by atoms with E-state index in [1.807, 2.05) is 19.9 Å². The Hall–Kier alpha value is -2.41. The molecule has 2 aliphatic rings. The Balaban J connectivity index is 1.74. The average molecular weight is 373 g/mol. The molecule has 2 heterocycles. The highest BCUT2D eigenvalue weighted by molar-refractivity contribution is 6.07. The molecular formula is C20H27N3O4. The number of amides is 4. The number of likely N-dealkylation sites (N-methyl/N-ethyl adjacent to an activating group) is 1. The van der Waals surface area contributed by atoms with Crippen molar-refractivity contribution in [3.05, 3.63) is 35.9 Å². The number of urea groups is 1. The van der Waals surface area contributed by atoms with Crippen molar-refractivity contribution in [2.75, 3.05) is 26.7 Å². The monoisotopic (exact) mass is 373 g/mol. The van der Waals surface area contributed by atoms with Crippen molar-refractivity contribution < 1.29 is 19.5 Å². The maximum Gasteiger partial charge on any atom is 0.327 e. The van der Waals surface area contributed by atoms with Crippen LogP contribution in [0.3, 0.4) is 0 Å². The molecule has 2 saturated heterocycles. The minimum Gasteiger partial charge on any atom is -0.378 e. The summed E-state index contributed by atoms with van der Waals surface area (Å²) in [4.78, 5) is 42.5. The summed E-state index contributed by atoms with van der Waals surface area (Å²) in [6.07, 6.45) is -0.431. The largest absolute Gasteiger partial charge is 0.378 e. The van der Waals surface area contributed by atoms with Gasteiger partial charge in [-0.1, -0.05) is 44.2 Å². The van der Waals surface area contributed by atoms with Crippen molar-refractivity contribution in [1.29, 1.82) is 0 Å². The standard InChI is InChI=1S/C20H27N3O4/c1-14(2)13-23-19(27)21(3)18(26)20(23)9-11-22(12-10-20)17(25)16(24)15-7-5-4-6-8-15/h4-8,14,16,24H,9-13H2,1-3H3/t16-/m0/s1. The Morgan fingerprint density at radius 1 is 1.15 bits per heavy atom. The third kappa shape index (κ3) is 3.32. The van der Waals surface area contributed by atoms with E-state index in [9.17, 15) is 19.5 Å². The molecule has 0 bridgehead atoms. The predicted molar refractivity (Wildman–Crippen MR) is 99.7 cm³/mol. The third-order valence-corrected chi connectivity index (χ3v) is 5.54. The van der Waals surface area contributed by atoms with Gasteiger partial charge >= 0.3 is 6.03 Å². The van der Waals surface area contributed by atoms with Gasteiger partial charge in [0.25, 0.3) is 11.8 Å². The van der Waals surface area contributed by atoms with E-state index in [0.717, 1.165) is 0 Å². The lowest BCUT2D eigenvalue weighted by molar-refractivity contribution is -0.146. The molecule has 2 fully saturated rings. The number of likely N-dealkylation sites (tertiary alicyclic amines) is 1. The highest BCUT2D eigenvalue weighted by Crippen LogP contribution is 2.37. The fourth-order valence-electron chi connectivity index (χ4n) is 4.03. The van der Waals surface area contributed by atoms with E-state index in [4.69, 9.17) is 0 Å². The van der Waals surface area contributed by atoms with Crippen LogP contribution in [0.4, 0.5) is 4.79 Å². The minimum atomic E-state index is -1.21. The predicted octanol–water partition coefficient (Wildman–Crippen LogP) is 1.63. The quantitative estimate of drug-likeness (QED) is 0.814. The van der Waals surface area contributed by atoms with Crippen LogP contribution >= 0.6 is 0 Å². The Kier molecular flexibility index (Phi) is 5.24. The zero-order chi connectivity index (χ0) is 19.8. The van der Waals surface area contributed by atoms with E-state index in [2.05, 4.69) is 0 Å². The summed E-state index contributed by atoms with van der Waals surface area (Å²) in [7, 11) is 1.52. The SMILES string of the molecule is CC(C)CN1C(=O)N(C)C(=O)C12CCN(C(=O)[C@@H](O)c1ccccc1)CC2. The van der Waals surface area contributed by atoms with Gasteiger partial charge in [0.15, 0.2) is 6.10 Å². The highest BCUT2D eigenvalue weighted by Gasteiger charge is 2.57. The first-order chi connectivity index (χ1) is 12.8. The molecule has 3 rings (SSSR count). The number of imide groups is 1. The van der Waals surface area contributed by atoms with Crippen molar-refractivity contribution >= 4 is 17.8 Å². The van der Waals surface area contributed by atoms with Gasteiger partial charge in [0, 0.05) is 26.7 Å². The van der Waals surface area contributed by atoms with E-state index < -0.39 is 11.6 Å². The van der Waals surface area contributed by atoms with E-state index in [1.165, 1.54) is 11.9 Å². The lowest BCUT2D eigenvalue weighted by Crippen LogP contribution is -2.58. The van der Waals surface area contributed by atoms with Crippen LogP contribution in [0, 0.1) is 5.92 Å². The van der Waals surface area contributed by atoms with Gasteiger partial charge in [-0.25, -0.2) is 4.79 Å². The molecule has 0 saturated carbocycles. The topological polar surface area (TPSA) is 81.2 Å². The summed E-state index contributed by atoms with van der Waals surface area (Å²) in [6.45, 7) is 5.21. The van der Waals surface area contributed by atoms with E-state index in [0.29, 0.717) is 38.0 Å². The van der Waals surface area contributed by atoms with Gasteiger partial charge in [-0.2, -0.15) is 0 Å². The third-order valence-electron chi connectivity index (χ3n) is 5.54. The molecule has 1 spiro atoms. The van der Waals surface area contributed by atoms with Crippen LogP contribution in [0.25, 0.3) is 0 Å². The minimum absolute atomic E-state index is 0.191. The molecule has 1 atom stereocenters. The summed E-state index contributed by atoms with van der Waals surface area (Å²) in [5.41, 5.74) is -0.319. The number of hydrogen-bond acceptors (Lipinski definition) is 4. The van der Waals surface area contributed by atoms with Gasteiger partial charge in [-0.15, -0.1) is 0 Å². The van der Waals surface area contributed by atoms with Crippen molar-refractivity contribution in [3.63, 3.8) is 0 Å². The second kappa shape index (κ2) is 7.31. The average Bonchev–Trinajstić information content (AvgIpc) is 2.84. The zero-order valence-corrected chi connectivity index (χ0v) is 16.1. The summed E-state index contributed by atoms with van der Waals surface area (Å²) < 4.78 is 0. The fourth-order valence-corrected chi connectivity index (χ4v) is 4.03. The van der Waals surface area contributed by atoms with Crippen LogP contribution < -0.4 is 0 Å². The van der Waals surface area contributed by atoms with Crippen LogP contribution in [-0.4, -0.2) is 69.9 Å². The van der Waals surface area contributed by atoms with Crippen LogP contribution in [0.5, 0.6) is 0 Å². The number of aliphatic hydroxyl groups excluding tert-OH is 1. The maximum absolute atomic E-state index is 12.8. The maximum atomic E-state index is 12.8. The number of hydrogen-bond donors (Lipinski definition) is 1. The number of piperidine rings is 1. The van der Waals surface area contributed by atoms with Gasteiger partial charge in [-0.05, 0) is 24.3 Å². The number of aliphatic hydroxyl groups is 1. The lowest BCUT2D eigenvalue weighted by Gasteiger charge is -2.43. The summed E-state index contributed by atoms with van der Waals surface area (Å²) in [5, 5.41) is 10.4. The second-order valence-electron chi connectivity index (χ2n) is 7.82. The van der Waals surface area contributed by atoms with Gasteiger partial charge in [0.05, 0.1) is 0 Å². The zero-order valence-electron chi connectivity index (χ0n) is 16.1. The molecular weight excluding hydrogens is 346 g/mol. The number of rotatable bonds is 4. The smallest absolute Gasteiger partial charge is 0.327 e. The molecule has 1 N–H and O–H groups in total. The second-order valence-corrected chi connectivity index (χ2v) is 7.82. The lowest BCUT2D eigenvalue weighted by atomic mass is 9.85. The normalized spacial score (nSPS) is 20.7. The van der Waals surface area contributed by atoms with Crippen molar-refractivity contribution in [2.45, 2.75) is 38.3 Å².